The van der Waals surface area contributed by atoms with Crippen molar-refractivity contribution in [1.82, 2.24) is 0 Å². The monoisotopic (exact) mass is 205 g/mol. The van der Waals surface area contributed by atoms with Crippen molar-refractivity contribution in [2.24, 2.45) is 11.7 Å². The van der Waals surface area contributed by atoms with E-state index < -0.39 is 0 Å². The van der Waals surface area contributed by atoms with E-state index in [0.717, 1.165) is 18.4 Å². The third-order valence-electron chi connectivity index (χ3n) is 3.42. The molecule has 1 aromatic carbocycles. The minimum Gasteiger partial charge on any atom is -0.388 e. The Morgan fingerprint density at radius 3 is 2.47 bits per heavy atom. The first-order valence-corrected chi connectivity index (χ1v) is 5.77. The van der Waals surface area contributed by atoms with Gasteiger partial charge in [-0.1, -0.05) is 43.2 Å². The Balaban J connectivity index is 2.09. The van der Waals surface area contributed by atoms with E-state index in [9.17, 15) is 5.11 Å². The summed E-state index contributed by atoms with van der Waals surface area (Å²) >= 11 is 0. The predicted octanol–water partition coefficient (Wildman–Crippen LogP) is 2.24. The van der Waals surface area contributed by atoms with Crippen LogP contribution in [0.3, 0.4) is 0 Å². The molecule has 0 saturated heterocycles. The molecular formula is C13H19NO. The van der Waals surface area contributed by atoms with Gasteiger partial charge in [-0.3, -0.25) is 0 Å². The highest BCUT2D eigenvalue weighted by atomic mass is 16.3. The molecule has 2 nitrogen and oxygen atoms in total. The Bertz CT molecular complexity index is 299. The molecule has 0 bridgehead atoms. The lowest BCUT2D eigenvalue weighted by Crippen LogP contribution is -2.36. The fourth-order valence-corrected chi connectivity index (χ4v) is 2.48. The quantitative estimate of drug-likeness (QED) is 0.777. The maximum atomic E-state index is 10.2. The lowest BCUT2D eigenvalue weighted by molar-refractivity contribution is 0.0722. The molecule has 3 N–H and O–H groups in total. The molecule has 0 aliphatic heterocycles. The van der Waals surface area contributed by atoms with E-state index in [1.807, 2.05) is 30.3 Å². The summed E-state index contributed by atoms with van der Waals surface area (Å²) < 4.78 is 0. The first-order chi connectivity index (χ1) is 7.29. The van der Waals surface area contributed by atoms with E-state index in [1.165, 1.54) is 12.8 Å². The van der Waals surface area contributed by atoms with Gasteiger partial charge in [0.05, 0.1) is 6.10 Å². The summed E-state index contributed by atoms with van der Waals surface area (Å²) in [6.45, 7) is 0. The van der Waals surface area contributed by atoms with Gasteiger partial charge in [0.1, 0.15) is 0 Å². The van der Waals surface area contributed by atoms with E-state index in [4.69, 9.17) is 5.73 Å². The summed E-state index contributed by atoms with van der Waals surface area (Å²) in [6.07, 6.45) is 4.12. The molecule has 2 rings (SSSR count). The highest BCUT2D eigenvalue weighted by molar-refractivity contribution is 5.18. The molecule has 0 spiro atoms. The van der Waals surface area contributed by atoms with Gasteiger partial charge in [0.2, 0.25) is 0 Å². The number of nitrogens with two attached hydrogens (primary N) is 1. The smallest absolute Gasteiger partial charge is 0.0832 e. The largest absolute Gasteiger partial charge is 0.388 e. The van der Waals surface area contributed by atoms with Crippen LogP contribution in [0.15, 0.2) is 30.3 Å². The number of aliphatic hydroxyl groups excluding tert-OH is 1. The molecular weight excluding hydrogens is 186 g/mol. The maximum Gasteiger partial charge on any atom is 0.0832 e. The molecule has 3 unspecified atom stereocenters. The third-order valence-corrected chi connectivity index (χ3v) is 3.42. The Kier molecular flexibility index (Phi) is 3.39. The van der Waals surface area contributed by atoms with Crippen LogP contribution in [-0.2, 0) is 0 Å². The summed E-state index contributed by atoms with van der Waals surface area (Å²) in [4.78, 5) is 0. The van der Waals surface area contributed by atoms with Gasteiger partial charge in [-0.2, -0.15) is 0 Å². The number of hydrogen-bond acceptors (Lipinski definition) is 2. The number of benzene rings is 1. The minimum atomic E-state index is -0.388. The van der Waals surface area contributed by atoms with Gasteiger partial charge < -0.3 is 10.8 Å². The molecule has 0 radical (unpaired) electrons. The fourth-order valence-electron chi connectivity index (χ4n) is 2.48. The Labute approximate surface area is 91.1 Å². The lowest BCUT2D eigenvalue weighted by atomic mass is 9.79. The van der Waals surface area contributed by atoms with Gasteiger partial charge in [-0.05, 0) is 18.4 Å². The van der Waals surface area contributed by atoms with E-state index >= 15 is 0 Å². The van der Waals surface area contributed by atoms with Crippen molar-refractivity contribution in [3.63, 3.8) is 0 Å². The second kappa shape index (κ2) is 4.77. The first kappa shape index (κ1) is 10.7. The van der Waals surface area contributed by atoms with Gasteiger partial charge in [0.25, 0.3) is 0 Å². The molecule has 0 amide bonds. The van der Waals surface area contributed by atoms with Crippen LogP contribution in [0.1, 0.15) is 37.4 Å². The van der Waals surface area contributed by atoms with Crippen LogP contribution < -0.4 is 5.73 Å². The standard InChI is InChI=1S/C13H19NO/c14-12-9-5-4-8-11(12)13(15)10-6-2-1-3-7-10/h1-3,6-7,11-13,15H,4-5,8-9,14H2. The van der Waals surface area contributed by atoms with Crippen molar-refractivity contribution < 1.29 is 5.11 Å². The number of rotatable bonds is 2. The van der Waals surface area contributed by atoms with Gasteiger partial charge in [0, 0.05) is 12.0 Å². The molecule has 0 aromatic heterocycles. The second-order valence-electron chi connectivity index (χ2n) is 4.47. The number of aliphatic hydroxyl groups is 1. The molecule has 1 aliphatic carbocycles. The highest BCUT2D eigenvalue weighted by Crippen LogP contribution is 2.33. The van der Waals surface area contributed by atoms with Gasteiger partial charge in [-0.15, -0.1) is 0 Å². The van der Waals surface area contributed by atoms with E-state index in [2.05, 4.69) is 0 Å². The molecule has 1 aromatic rings. The third kappa shape index (κ3) is 2.39. The molecule has 1 aliphatic rings. The zero-order valence-electron chi connectivity index (χ0n) is 8.97. The van der Waals surface area contributed by atoms with E-state index in [-0.39, 0.29) is 18.1 Å². The zero-order chi connectivity index (χ0) is 10.7. The van der Waals surface area contributed by atoms with Crippen LogP contribution >= 0.6 is 0 Å². The second-order valence-corrected chi connectivity index (χ2v) is 4.47. The summed E-state index contributed by atoms with van der Waals surface area (Å²) in [6, 6.07) is 10.0. The SMILES string of the molecule is NC1CCCCC1C(O)c1ccccc1. The van der Waals surface area contributed by atoms with Crippen LogP contribution in [0, 0.1) is 5.92 Å². The van der Waals surface area contributed by atoms with Crippen LogP contribution in [-0.4, -0.2) is 11.1 Å². The van der Waals surface area contributed by atoms with Crippen molar-refractivity contribution in [1.29, 1.82) is 0 Å². The van der Waals surface area contributed by atoms with Crippen molar-refractivity contribution in [2.45, 2.75) is 37.8 Å². The average Bonchev–Trinajstić information content (AvgIpc) is 2.30. The molecule has 3 atom stereocenters. The summed E-state index contributed by atoms with van der Waals surface area (Å²) in [5.41, 5.74) is 7.06. The van der Waals surface area contributed by atoms with Crippen molar-refractivity contribution in [2.75, 3.05) is 0 Å². The summed E-state index contributed by atoms with van der Waals surface area (Å²) in [5.74, 6) is 0.237. The first-order valence-electron chi connectivity index (χ1n) is 5.77. The van der Waals surface area contributed by atoms with Gasteiger partial charge in [0.15, 0.2) is 0 Å². The normalized spacial score (nSPS) is 28.7. The Morgan fingerprint density at radius 2 is 1.80 bits per heavy atom. The van der Waals surface area contributed by atoms with Gasteiger partial charge in [-0.25, -0.2) is 0 Å². The van der Waals surface area contributed by atoms with Crippen molar-refractivity contribution in [3.8, 4) is 0 Å². The summed E-state index contributed by atoms with van der Waals surface area (Å²) in [5, 5.41) is 10.2. The van der Waals surface area contributed by atoms with Gasteiger partial charge >= 0.3 is 0 Å². The molecule has 15 heavy (non-hydrogen) atoms. The van der Waals surface area contributed by atoms with Crippen LogP contribution in [0.4, 0.5) is 0 Å². The Hall–Kier alpha value is -0.860. The molecule has 2 heteroatoms. The van der Waals surface area contributed by atoms with Crippen LogP contribution in [0.5, 0.6) is 0 Å². The zero-order valence-corrected chi connectivity index (χ0v) is 8.97. The lowest BCUT2D eigenvalue weighted by Gasteiger charge is -2.32. The average molecular weight is 205 g/mol. The van der Waals surface area contributed by atoms with E-state index in [0.29, 0.717) is 0 Å². The maximum absolute atomic E-state index is 10.2. The topological polar surface area (TPSA) is 46.2 Å². The molecule has 82 valence electrons. The van der Waals surface area contributed by atoms with Crippen molar-refractivity contribution >= 4 is 0 Å². The fraction of sp³-hybridized carbons (Fsp3) is 0.538. The van der Waals surface area contributed by atoms with Crippen LogP contribution in [0.25, 0.3) is 0 Å². The molecule has 0 heterocycles. The number of hydrogen-bond donors (Lipinski definition) is 2. The summed E-state index contributed by atoms with van der Waals surface area (Å²) in [7, 11) is 0. The Morgan fingerprint density at radius 1 is 1.13 bits per heavy atom. The van der Waals surface area contributed by atoms with Crippen LogP contribution in [0.2, 0.25) is 0 Å². The van der Waals surface area contributed by atoms with E-state index in [1.54, 1.807) is 0 Å². The molecule has 1 saturated carbocycles. The predicted molar refractivity (Wildman–Crippen MR) is 61.3 cm³/mol. The van der Waals surface area contributed by atoms with Crippen molar-refractivity contribution in [3.05, 3.63) is 35.9 Å². The highest BCUT2D eigenvalue weighted by Gasteiger charge is 2.28. The minimum absolute atomic E-state index is 0.161. The molecule has 1 fully saturated rings.